The highest BCUT2D eigenvalue weighted by Gasteiger charge is 2.27. The van der Waals surface area contributed by atoms with E-state index in [4.69, 9.17) is 10.5 Å². The van der Waals surface area contributed by atoms with Gasteiger partial charge in [0, 0.05) is 0 Å². The van der Waals surface area contributed by atoms with Crippen LogP contribution in [0.1, 0.15) is 13.3 Å². The molecule has 0 aromatic heterocycles. The van der Waals surface area contributed by atoms with Crippen LogP contribution in [0.5, 0.6) is 0 Å². The molecule has 1 rings (SSSR count). The van der Waals surface area contributed by atoms with Crippen LogP contribution in [-0.4, -0.2) is 18.1 Å². The van der Waals surface area contributed by atoms with Crippen molar-refractivity contribution in [2.75, 3.05) is 0 Å². The molecule has 3 nitrogen and oxygen atoms in total. The van der Waals surface area contributed by atoms with E-state index in [0.29, 0.717) is 6.42 Å². The van der Waals surface area contributed by atoms with Gasteiger partial charge in [0.05, 0.1) is 12.5 Å². The van der Waals surface area contributed by atoms with Crippen LogP contribution in [0.15, 0.2) is 0 Å². The maximum absolute atomic E-state index is 10.4. The monoisotopic (exact) mass is 115 g/mol. The van der Waals surface area contributed by atoms with Gasteiger partial charge in [-0.25, -0.2) is 0 Å². The molecule has 0 aliphatic carbocycles. The molecule has 0 unspecified atom stereocenters. The molecule has 3 heteroatoms. The second-order valence-electron chi connectivity index (χ2n) is 2.06. The smallest absolute Gasteiger partial charge is 0.307 e. The largest absolute Gasteiger partial charge is 0.461 e. The lowest BCUT2D eigenvalue weighted by Crippen LogP contribution is -2.26. The number of carbonyl (C=O) groups excluding carboxylic acids is 1. The Morgan fingerprint density at radius 2 is 2.50 bits per heavy atom. The summed E-state index contributed by atoms with van der Waals surface area (Å²) in [4.78, 5) is 10.4. The molecule has 0 aromatic carbocycles. The third-order valence-corrected chi connectivity index (χ3v) is 1.32. The molecule has 1 aliphatic rings. The van der Waals surface area contributed by atoms with Gasteiger partial charge in [-0.2, -0.15) is 0 Å². The average Bonchev–Trinajstić information content (AvgIpc) is 1.85. The molecule has 0 bridgehead atoms. The van der Waals surface area contributed by atoms with E-state index in [1.165, 1.54) is 0 Å². The van der Waals surface area contributed by atoms with Crippen molar-refractivity contribution in [1.82, 2.24) is 0 Å². The first-order valence-electron chi connectivity index (χ1n) is 2.65. The molecule has 2 atom stereocenters. The van der Waals surface area contributed by atoms with Crippen LogP contribution in [0.25, 0.3) is 0 Å². The van der Waals surface area contributed by atoms with Gasteiger partial charge in [-0.3, -0.25) is 4.79 Å². The standard InChI is InChI=1S/C5H9NO2/c1-3-4(6)2-5(7)8-3/h3-4H,2,6H2,1H3/t3-,4-/m1/s1. The topological polar surface area (TPSA) is 52.3 Å². The SMILES string of the molecule is C[C@H]1OC(=O)C[C@H]1N. The minimum absolute atomic E-state index is 0.0810. The lowest BCUT2D eigenvalue weighted by molar-refractivity contribution is -0.140. The van der Waals surface area contributed by atoms with Crippen LogP contribution in [0.4, 0.5) is 0 Å². The molecular formula is C5H9NO2. The summed E-state index contributed by atoms with van der Waals surface area (Å²) >= 11 is 0. The molecular weight excluding hydrogens is 106 g/mol. The number of esters is 1. The Labute approximate surface area is 47.8 Å². The molecule has 1 saturated heterocycles. The van der Waals surface area contributed by atoms with Crippen molar-refractivity contribution in [3.05, 3.63) is 0 Å². The molecule has 2 N–H and O–H groups in total. The Bertz CT molecular complexity index is 101. The van der Waals surface area contributed by atoms with E-state index in [0.717, 1.165) is 0 Å². The highest BCUT2D eigenvalue weighted by atomic mass is 16.5. The molecule has 0 aromatic rings. The Hall–Kier alpha value is -0.570. The first kappa shape index (κ1) is 5.56. The number of hydrogen-bond acceptors (Lipinski definition) is 3. The number of hydrogen-bond donors (Lipinski definition) is 1. The zero-order chi connectivity index (χ0) is 6.15. The number of cyclic esters (lactones) is 1. The van der Waals surface area contributed by atoms with E-state index in [-0.39, 0.29) is 18.1 Å². The van der Waals surface area contributed by atoms with Crippen LogP contribution < -0.4 is 5.73 Å². The second kappa shape index (κ2) is 1.74. The van der Waals surface area contributed by atoms with Crippen LogP contribution in [0.2, 0.25) is 0 Å². The third-order valence-electron chi connectivity index (χ3n) is 1.32. The van der Waals surface area contributed by atoms with Gasteiger partial charge in [0.2, 0.25) is 0 Å². The van der Waals surface area contributed by atoms with Crippen LogP contribution in [0, 0.1) is 0 Å². The van der Waals surface area contributed by atoms with Gasteiger partial charge in [-0.1, -0.05) is 0 Å². The van der Waals surface area contributed by atoms with Gasteiger partial charge in [0.15, 0.2) is 0 Å². The van der Waals surface area contributed by atoms with Crippen molar-refractivity contribution < 1.29 is 9.53 Å². The molecule has 1 aliphatic heterocycles. The Kier molecular flexibility index (Phi) is 1.21. The summed E-state index contributed by atoms with van der Waals surface area (Å²) in [7, 11) is 0. The maximum Gasteiger partial charge on any atom is 0.307 e. The first-order valence-corrected chi connectivity index (χ1v) is 2.65. The number of rotatable bonds is 0. The third kappa shape index (κ3) is 0.816. The highest BCUT2D eigenvalue weighted by Crippen LogP contribution is 2.10. The molecule has 8 heavy (non-hydrogen) atoms. The number of carbonyl (C=O) groups is 1. The van der Waals surface area contributed by atoms with Crippen molar-refractivity contribution in [3.63, 3.8) is 0 Å². The average molecular weight is 115 g/mol. The van der Waals surface area contributed by atoms with E-state index in [1.54, 1.807) is 6.92 Å². The van der Waals surface area contributed by atoms with Gasteiger partial charge in [-0.15, -0.1) is 0 Å². The number of nitrogens with two attached hydrogens (primary N) is 1. The summed E-state index contributed by atoms with van der Waals surface area (Å²) in [5, 5.41) is 0. The highest BCUT2D eigenvalue weighted by molar-refractivity contribution is 5.72. The van der Waals surface area contributed by atoms with Crippen molar-refractivity contribution in [2.45, 2.75) is 25.5 Å². The lowest BCUT2D eigenvalue weighted by atomic mass is 10.2. The zero-order valence-electron chi connectivity index (χ0n) is 4.76. The summed E-state index contributed by atoms with van der Waals surface area (Å²) < 4.78 is 4.71. The molecule has 0 amide bonds. The van der Waals surface area contributed by atoms with Gasteiger partial charge < -0.3 is 10.5 Å². The van der Waals surface area contributed by atoms with Crippen molar-refractivity contribution in [2.24, 2.45) is 5.73 Å². The predicted molar refractivity (Wildman–Crippen MR) is 28.1 cm³/mol. The summed E-state index contributed by atoms with van der Waals surface area (Å²) in [5.41, 5.74) is 5.42. The van der Waals surface area contributed by atoms with Crippen LogP contribution >= 0.6 is 0 Å². The summed E-state index contributed by atoms with van der Waals surface area (Å²) in [6.45, 7) is 1.80. The van der Waals surface area contributed by atoms with E-state index < -0.39 is 0 Å². The fourth-order valence-electron chi connectivity index (χ4n) is 0.701. The summed E-state index contributed by atoms with van der Waals surface area (Å²) in [6, 6.07) is -0.0810. The van der Waals surface area contributed by atoms with E-state index >= 15 is 0 Å². The minimum Gasteiger partial charge on any atom is -0.461 e. The van der Waals surface area contributed by atoms with Crippen molar-refractivity contribution in [3.8, 4) is 0 Å². The van der Waals surface area contributed by atoms with E-state index in [2.05, 4.69) is 0 Å². The van der Waals surface area contributed by atoms with Gasteiger partial charge in [0.1, 0.15) is 6.10 Å². The van der Waals surface area contributed by atoms with Crippen LogP contribution in [0.3, 0.4) is 0 Å². The van der Waals surface area contributed by atoms with Crippen molar-refractivity contribution in [1.29, 1.82) is 0 Å². The lowest BCUT2D eigenvalue weighted by Gasteiger charge is -2.03. The minimum atomic E-state index is -0.176. The fourth-order valence-corrected chi connectivity index (χ4v) is 0.701. The molecule has 0 saturated carbocycles. The normalized spacial score (nSPS) is 37.5. The molecule has 0 spiro atoms. The predicted octanol–water partition coefficient (Wildman–Crippen LogP) is -0.351. The number of ether oxygens (including phenoxy) is 1. The summed E-state index contributed by atoms with van der Waals surface area (Å²) in [6.07, 6.45) is 0.295. The van der Waals surface area contributed by atoms with Gasteiger partial charge in [-0.05, 0) is 6.92 Å². The van der Waals surface area contributed by atoms with Crippen LogP contribution in [-0.2, 0) is 9.53 Å². The molecule has 0 radical (unpaired) electrons. The van der Waals surface area contributed by atoms with Gasteiger partial charge in [0.25, 0.3) is 0 Å². The van der Waals surface area contributed by atoms with Gasteiger partial charge >= 0.3 is 5.97 Å². The first-order chi connectivity index (χ1) is 3.70. The van der Waals surface area contributed by atoms with E-state index in [9.17, 15) is 4.79 Å². The quantitative estimate of drug-likeness (QED) is 0.439. The fraction of sp³-hybridized carbons (Fsp3) is 0.800. The van der Waals surface area contributed by atoms with E-state index in [1.807, 2.05) is 0 Å². The maximum atomic E-state index is 10.4. The molecule has 46 valence electrons. The molecule has 1 fully saturated rings. The van der Waals surface area contributed by atoms with Crippen molar-refractivity contribution >= 4 is 5.97 Å². The molecule has 1 heterocycles. The Morgan fingerprint density at radius 1 is 1.88 bits per heavy atom. The second-order valence-corrected chi connectivity index (χ2v) is 2.06. The zero-order valence-corrected chi connectivity index (χ0v) is 4.76. The Balaban J connectivity index is 2.51. The summed E-state index contributed by atoms with van der Waals surface area (Å²) in [5.74, 6) is -0.176. The Morgan fingerprint density at radius 3 is 2.62 bits per heavy atom.